The van der Waals surface area contributed by atoms with Gasteiger partial charge >= 0.3 is 11.9 Å². The molecule has 0 aliphatic heterocycles. The van der Waals surface area contributed by atoms with Gasteiger partial charge in [0, 0.05) is 24.3 Å². The Hall–Kier alpha value is -0.360. The van der Waals surface area contributed by atoms with Crippen molar-refractivity contribution in [3.8, 4) is 0 Å². The zero-order chi connectivity index (χ0) is 32.4. The number of thioether (sulfide) groups is 2. The van der Waals surface area contributed by atoms with Crippen molar-refractivity contribution in [1.29, 1.82) is 0 Å². The smallest absolute Gasteiger partial charge is 0.306 e. The van der Waals surface area contributed by atoms with Crippen LogP contribution in [0.1, 0.15) is 194 Å². The highest BCUT2D eigenvalue weighted by Crippen LogP contribution is 2.19. The van der Waals surface area contributed by atoms with E-state index in [1.165, 1.54) is 141 Å². The average Bonchev–Trinajstić information content (AvgIpc) is 3.01. The maximum Gasteiger partial charge on any atom is 0.306 e. The normalized spacial score (nSPS) is 12.7. The van der Waals surface area contributed by atoms with Crippen LogP contribution >= 0.6 is 23.5 Å². The SMILES string of the molecule is CCCCCCCCCCCCCCCC(=O)OC(CSC)C(CSC)OC(=O)CCCCCCCCCCCCCCC. The largest absolute Gasteiger partial charge is 0.457 e. The van der Waals surface area contributed by atoms with Gasteiger partial charge in [0.1, 0.15) is 12.2 Å². The van der Waals surface area contributed by atoms with Crippen LogP contribution in [0.2, 0.25) is 0 Å². The van der Waals surface area contributed by atoms with E-state index in [4.69, 9.17) is 9.47 Å². The van der Waals surface area contributed by atoms with Gasteiger partial charge in [-0.1, -0.05) is 168 Å². The van der Waals surface area contributed by atoms with Gasteiger partial charge in [-0.3, -0.25) is 9.59 Å². The molecule has 6 heteroatoms. The molecule has 0 aliphatic rings. The summed E-state index contributed by atoms with van der Waals surface area (Å²) in [5, 5.41) is 0. The van der Waals surface area contributed by atoms with Gasteiger partial charge in [0.15, 0.2) is 0 Å². The number of rotatable bonds is 35. The van der Waals surface area contributed by atoms with Crippen molar-refractivity contribution in [2.24, 2.45) is 0 Å². The van der Waals surface area contributed by atoms with E-state index in [0.29, 0.717) is 24.3 Å². The number of carbonyl (C=O) groups is 2. The first-order valence-corrected chi connectivity index (χ1v) is 21.7. The molecule has 0 radical (unpaired) electrons. The second-order valence-electron chi connectivity index (χ2n) is 13.0. The lowest BCUT2D eigenvalue weighted by Gasteiger charge is -2.26. The van der Waals surface area contributed by atoms with Gasteiger partial charge in [0.2, 0.25) is 0 Å². The van der Waals surface area contributed by atoms with Gasteiger partial charge in [0.25, 0.3) is 0 Å². The van der Waals surface area contributed by atoms with E-state index < -0.39 is 0 Å². The molecule has 0 aromatic carbocycles. The minimum Gasteiger partial charge on any atom is -0.457 e. The molecule has 0 saturated carbocycles. The van der Waals surface area contributed by atoms with E-state index in [9.17, 15) is 9.59 Å². The molecule has 0 heterocycles. The van der Waals surface area contributed by atoms with Crippen molar-refractivity contribution < 1.29 is 19.1 Å². The molecule has 4 nitrogen and oxygen atoms in total. The van der Waals surface area contributed by atoms with Crippen LogP contribution in [0.4, 0.5) is 0 Å². The minimum atomic E-state index is -0.373. The van der Waals surface area contributed by atoms with E-state index in [0.717, 1.165) is 25.7 Å². The Morgan fingerprint density at radius 1 is 0.409 bits per heavy atom. The highest BCUT2D eigenvalue weighted by Gasteiger charge is 2.28. The first-order chi connectivity index (χ1) is 21.6. The summed E-state index contributed by atoms with van der Waals surface area (Å²) < 4.78 is 11.8. The monoisotopic (exact) mass is 659 g/mol. The molecule has 2 atom stereocenters. The van der Waals surface area contributed by atoms with Crippen molar-refractivity contribution in [3.63, 3.8) is 0 Å². The maximum atomic E-state index is 12.7. The lowest BCUT2D eigenvalue weighted by Crippen LogP contribution is -2.39. The lowest BCUT2D eigenvalue weighted by atomic mass is 10.0. The van der Waals surface area contributed by atoms with Gasteiger partial charge in [-0.15, -0.1) is 0 Å². The summed E-state index contributed by atoms with van der Waals surface area (Å²) in [4.78, 5) is 25.3. The second-order valence-corrected chi connectivity index (χ2v) is 14.8. The third-order valence-electron chi connectivity index (χ3n) is 8.61. The first-order valence-electron chi connectivity index (χ1n) is 19.0. The fraction of sp³-hybridized carbons (Fsp3) is 0.947. The average molecular weight is 659 g/mol. The summed E-state index contributed by atoms with van der Waals surface area (Å²) in [6, 6.07) is 0. The van der Waals surface area contributed by atoms with Crippen molar-refractivity contribution >= 4 is 35.5 Å². The molecule has 0 rings (SSSR count). The van der Waals surface area contributed by atoms with E-state index in [1.54, 1.807) is 23.5 Å². The molecule has 0 amide bonds. The number of unbranched alkanes of at least 4 members (excludes halogenated alkanes) is 24. The fourth-order valence-electron chi connectivity index (χ4n) is 5.79. The molecule has 0 aliphatic carbocycles. The van der Waals surface area contributed by atoms with Crippen molar-refractivity contribution in [2.75, 3.05) is 24.0 Å². The van der Waals surface area contributed by atoms with Crippen LogP contribution in [0.15, 0.2) is 0 Å². The molecule has 0 spiro atoms. The number of hydrogen-bond donors (Lipinski definition) is 0. The Kier molecular flexibility index (Phi) is 35.2. The predicted molar refractivity (Wildman–Crippen MR) is 197 cm³/mol. The highest BCUT2D eigenvalue weighted by molar-refractivity contribution is 7.98. The Morgan fingerprint density at radius 2 is 0.636 bits per heavy atom. The van der Waals surface area contributed by atoms with Crippen LogP contribution in [0.25, 0.3) is 0 Å². The number of ether oxygens (including phenoxy) is 2. The lowest BCUT2D eigenvalue weighted by molar-refractivity contribution is -0.164. The van der Waals surface area contributed by atoms with Crippen LogP contribution in [0.3, 0.4) is 0 Å². The Labute approximate surface area is 283 Å². The van der Waals surface area contributed by atoms with Crippen LogP contribution in [-0.2, 0) is 19.1 Å². The minimum absolute atomic E-state index is 0.147. The maximum absolute atomic E-state index is 12.7. The highest BCUT2D eigenvalue weighted by atomic mass is 32.2. The van der Waals surface area contributed by atoms with E-state index >= 15 is 0 Å². The Bertz CT molecular complexity index is 564. The quantitative estimate of drug-likeness (QED) is 0.0499. The molecule has 0 N–H and O–H groups in total. The topological polar surface area (TPSA) is 52.6 Å². The predicted octanol–water partition coefficient (Wildman–Crippen LogP) is 12.5. The van der Waals surface area contributed by atoms with E-state index in [2.05, 4.69) is 13.8 Å². The molecular formula is C38H74O4S2. The molecule has 2 unspecified atom stereocenters. The summed E-state index contributed by atoms with van der Waals surface area (Å²) in [7, 11) is 0. The van der Waals surface area contributed by atoms with E-state index in [1.807, 2.05) is 12.5 Å². The summed E-state index contributed by atoms with van der Waals surface area (Å²) in [6.45, 7) is 4.54. The summed E-state index contributed by atoms with van der Waals surface area (Å²) in [5.74, 6) is 1.01. The molecule has 0 aromatic heterocycles. The van der Waals surface area contributed by atoms with Gasteiger partial charge in [0.05, 0.1) is 0 Å². The van der Waals surface area contributed by atoms with Gasteiger partial charge < -0.3 is 9.47 Å². The first kappa shape index (κ1) is 43.6. The van der Waals surface area contributed by atoms with Gasteiger partial charge in [-0.05, 0) is 25.4 Å². The fourth-order valence-corrected chi connectivity index (χ4v) is 7.02. The van der Waals surface area contributed by atoms with Crippen LogP contribution in [0, 0.1) is 0 Å². The Morgan fingerprint density at radius 3 is 0.864 bits per heavy atom. The molecule has 0 aromatic rings. The number of esters is 2. The molecule has 0 bridgehead atoms. The zero-order valence-electron chi connectivity index (χ0n) is 29.8. The van der Waals surface area contributed by atoms with Crippen molar-refractivity contribution in [1.82, 2.24) is 0 Å². The van der Waals surface area contributed by atoms with Crippen LogP contribution in [-0.4, -0.2) is 48.2 Å². The summed E-state index contributed by atoms with van der Waals surface area (Å²) >= 11 is 3.28. The number of hydrogen-bond acceptors (Lipinski definition) is 6. The molecule has 262 valence electrons. The number of carbonyl (C=O) groups excluding carboxylic acids is 2. The standard InChI is InChI=1S/C38H74O4S2/c1-5-7-9-11-13-15-17-19-21-23-25-27-29-31-37(39)41-35(33-43-3)36(34-44-4)42-38(40)32-30-28-26-24-22-20-18-16-14-12-10-8-6-2/h35-36H,5-34H2,1-4H3. The third kappa shape index (κ3) is 30.3. The van der Waals surface area contributed by atoms with Gasteiger partial charge in [-0.2, -0.15) is 23.5 Å². The molecule has 0 fully saturated rings. The molecule has 0 saturated heterocycles. The van der Waals surface area contributed by atoms with Gasteiger partial charge in [-0.25, -0.2) is 0 Å². The molecule has 44 heavy (non-hydrogen) atoms. The van der Waals surface area contributed by atoms with E-state index in [-0.39, 0.29) is 24.1 Å². The summed E-state index contributed by atoms with van der Waals surface area (Å²) in [5.41, 5.74) is 0. The van der Waals surface area contributed by atoms with Crippen LogP contribution < -0.4 is 0 Å². The summed E-state index contributed by atoms with van der Waals surface area (Å²) in [6.07, 6.45) is 37.7. The third-order valence-corrected chi connectivity index (χ3v) is 9.93. The molecular weight excluding hydrogens is 585 g/mol. The second kappa shape index (κ2) is 35.5. The van der Waals surface area contributed by atoms with Crippen molar-refractivity contribution in [3.05, 3.63) is 0 Å². The zero-order valence-corrected chi connectivity index (χ0v) is 31.5. The van der Waals surface area contributed by atoms with Crippen molar-refractivity contribution in [2.45, 2.75) is 206 Å². The van der Waals surface area contributed by atoms with Crippen LogP contribution in [0.5, 0.6) is 0 Å². The Balaban J connectivity index is 4.02.